The number of likely N-dealkylation sites (tertiary alicyclic amines) is 1. The lowest BCUT2D eigenvalue weighted by Gasteiger charge is -2.15. The van der Waals surface area contributed by atoms with Crippen molar-refractivity contribution in [3.05, 3.63) is 29.8 Å². The zero-order valence-electron chi connectivity index (χ0n) is 13.1. The molecule has 1 aliphatic heterocycles. The Labute approximate surface area is 134 Å². The Morgan fingerprint density at radius 2 is 2.09 bits per heavy atom. The van der Waals surface area contributed by atoms with Crippen molar-refractivity contribution in [3.63, 3.8) is 0 Å². The van der Waals surface area contributed by atoms with Crippen LogP contribution in [-0.4, -0.2) is 46.4 Å². The van der Waals surface area contributed by atoms with Crippen molar-refractivity contribution in [1.29, 1.82) is 0 Å². The van der Waals surface area contributed by atoms with Gasteiger partial charge in [0, 0.05) is 24.9 Å². The first-order chi connectivity index (χ1) is 10.7. The van der Waals surface area contributed by atoms with Crippen LogP contribution in [0, 0.1) is 5.92 Å². The molecular weight excluding hydrogens is 296 g/mol. The molecule has 1 heterocycles. The van der Waals surface area contributed by atoms with Crippen LogP contribution in [0.4, 0.5) is 0 Å². The fourth-order valence-electron chi connectivity index (χ4n) is 3.14. The monoisotopic (exact) mass is 320 g/mol. The third kappa shape index (κ3) is 3.58. The number of amides is 1. The Balaban J connectivity index is 1.57. The van der Waals surface area contributed by atoms with Gasteiger partial charge < -0.3 is 10.2 Å². The number of hydrogen-bond acceptors (Lipinski definition) is 3. The summed E-state index contributed by atoms with van der Waals surface area (Å²) >= 11 is 0. The minimum atomic E-state index is -1.10. The number of carbonyl (C=O) groups is 1. The van der Waals surface area contributed by atoms with E-state index in [2.05, 4.69) is 10.2 Å². The Morgan fingerprint density at radius 3 is 2.82 bits per heavy atom. The Kier molecular flexibility index (Phi) is 4.93. The van der Waals surface area contributed by atoms with Crippen molar-refractivity contribution in [2.24, 2.45) is 5.92 Å². The summed E-state index contributed by atoms with van der Waals surface area (Å²) < 4.78 is 12.0. The van der Waals surface area contributed by atoms with Gasteiger partial charge in [-0.1, -0.05) is 19.1 Å². The molecule has 0 radical (unpaired) electrons. The SMILES string of the molecule is CCS(=O)c1ccccc1C(=O)NCC1CCN(C2CC2)C1. The van der Waals surface area contributed by atoms with E-state index in [0.29, 0.717) is 22.1 Å². The molecule has 2 atom stereocenters. The van der Waals surface area contributed by atoms with E-state index < -0.39 is 10.8 Å². The average molecular weight is 320 g/mol. The zero-order chi connectivity index (χ0) is 15.5. The lowest BCUT2D eigenvalue weighted by Crippen LogP contribution is -2.32. The highest BCUT2D eigenvalue weighted by Crippen LogP contribution is 2.31. The lowest BCUT2D eigenvalue weighted by atomic mass is 10.1. The lowest BCUT2D eigenvalue weighted by molar-refractivity contribution is 0.0944. The molecule has 0 aromatic heterocycles. The third-order valence-electron chi connectivity index (χ3n) is 4.57. The van der Waals surface area contributed by atoms with Crippen LogP contribution >= 0.6 is 0 Å². The van der Waals surface area contributed by atoms with Crippen LogP contribution in [0.2, 0.25) is 0 Å². The Morgan fingerprint density at radius 1 is 1.32 bits per heavy atom. The molecule has 1 aromatic rings. The number of benzene rings is 1. The first kappa shape index (κ1) is 15.7. The molecule has 2 unspecified atom stereocenters. The molecule has 1 saturated heterocycles. The second-order valence-corrected chi connectivity index (χ2v) is 7.93. The molecular formula is C17H24N2O2S. The van der Waals surface area contributed by atoms with Gasteiger partial charge in [0.25, 0.3) is 5.91 Å². The normalized spacial score (nSPS) is 23.4. The molecule has 4 nitrogen and oxygen atoms in total. The van der Waals surface area contributed by atoms with Crippen molar-refractivity contribution in [3.8, 4) is 0 Å². The first-order valence-corrected chi connectivity index (χ1v) is 9.50. The number of carbonyl (C=O) groups excluding carboxylic acids is 1. The maximum Gasteiger partial charge on any atom is 0.252 e. The van der Waals surface area contributed by atoms with E-state index in [-0.39, 0.29) is 5.91 Å². The van der Waals surface area contributed by atoms with Gasteiger partial charge in [0.2, 0.25) is 0 Å². The van der Waals surface area contributed by atoms with Crippen LogP contribution in [-0.2, 0) is 10.8 Å². The van der Waals surface area contributed by atoms with Crippen molar-refractivity contribution in [2.75, 3.05) is 25.4 Å². The molecule has 5 heteroatoms. The van der Waals surface area contributed by atoms with Crippen molar-refractivity contribution < 1.29 is 9.00 Å². The summed E-state index contributed by atoms with van der Waals surface area (Å²) in [7, 11) is -1.10. The molecule has 1 N–H and O–H groups in total. The molecule has 120 valence electrons. The maximum absolute atomic E-state index is 12.4. The summed E-state index contributed by atoms with van der Waals surface area (Å²) in [5.74, 6) is 0.985. The highest BCUT2D eigenvalue weighted by atomic mass is 32.2. The van der Waals surface area contributed by atoms with Gasteiger partial charge in [0.15, 0.2) is 0 Å². The Bertz CT molecular complexity index is 572. The maximum atomic E-state index is 12.4. The van der Waals surface area contributed by atoms with Gasteiger partial charge in [0.05, 0.1) is 21.3 Å². The topological polar surface area (TPSA) is 49.4 Å². The van der Waals surface area contributed by atoms with Crippen LogP contribution in [0.15, 0.2) is 29.2 Å². The second kappa shape index (κ2) is 6.92. The van der Waals surface area contributed by atoms with Crippen LogP contribution in [0.5, 0.6) is 0 Å². The largest absolute Gasteiger partial charge is 0.352 e. The van der Waals surface area contributed by atoms with Crippen LogP contribution in [0.3, 0.4) is 0 Å². The van der Waals surface area contributed by atoms with E-state index in [1.54, 1.807) is 12.1 Å². The summed E-state index contributed by atoms with van der Waals surface area (Å²) in [6, 6.07) is 8.04. The molecule has 1 aromatic carbocycles. The third-order valence-corrected chi connectivity index (χ3v) is 5.94. The summed E-state index contributed by atoms with van der Waals surface area (Å²) in [5.41, 5.74) is 0.555. The molecule has 1 amide bonds. The summed E-state index contributed by atoms with van der Waals surface area (Å²) in [6.07, 6.45) is 3.85. The Hall–Kier alpha value is -1.20. The highest BCUT2D eigenvalue weighted by molar-refractivity contribution is 7.85. The summed E-state index contributed by atoms with van der Waals surface area (Å²) in [6.45, 7) is 4.86. The van der Waals surface area contributed by atoms with Gasteiger partial charge in [-0.05, 0) is 43.9 Å². The van der Waals surface area contributed by atoms with E-state index in [9.17, 15) is 9.00 Å². The van der Waals surface area contributed by atoms with Gasteiger partial charge >= 0.3 is 0 Å². The van der Waals surface area contributed by atoms with E-state index in [4.69, 9.17) is 0 Å². The molecule has 2 fully saturated rings. The smallest absolute Gasteiger partial charge is 0.252 e. The van der Waals surface area contributed by atoms with E-state index in [1.807, 2.05) is 19.1 Å². The quantitative estimate of drug-likeness (QED) is 0.872. The molecule has 0 bridgehead atoms. The summed E-state index contributed by atoms with van der Waals surface area (Å²) in [4.78, 5) is 15.6. The zero-order valence-corrected chi connectivity index (χ0v) is 13.9. The van der Waals surface area contributed by atoms with Gasteiger partial charge in [-0.25, -0.2) is 0 Å². The summed E-state index contributed by atoms with van der Waals surface area (Å²) in [5, 5.41) is 3.04. The fraction of sp³-hybridized carbons (Fsp3) is 0.588. The highest BCUT2D eigenvalue weighted by Gasteiger charge is 2.34. The minimum absolute atomic E-state index is 0.0951. The van der Waals surface area contributed by atoms with Crippen LogP contribution in [0.1, 0.15) is 36.5 Å². The number of nitrogens with zero attached hydrogens (tertiary/aromatic N) is 1. The molecule has 3 rings (SSSR count). The van der Waals surface area contributed by atoms with Crippen LogP contribution in [0.25, 0.3) is 0 Å². The number of nitrogens with one attached hydrogen (secondary N) is 1. The van der Waals surface area contributed by atoms with Gasteiger partial charge in [-0.15, -0.1) is 0 Å². The molecule has 1 saturated carbocycles. The van der Waals surface area contributed by atoms with Gasteiger partial charge in [0.1, 0.15) is 0 Å². The standard InChI is InChI=1S/C17H24N2O2S/c1-2-22(21)16-6-4-3-5-15(16)17(20)18-11-13-9-10-19(12-13)14-7-8-14/h3-6,13-14H,2,7-12H2,1H3,(H,18,20). The van der Waals surface area contributed by atoms with Crippen LogP contribution < -0.4 is 5.32 Å². The minimum Gasteiger partial charge on any atom is -0.352 e. The first-order valence-electron chi connectivity index (χ1n) is 8.18. The number of rotatable bonds is 6. The van der Waals surface area contributed by atoms with E-state index in [0.717, 1.165) is 19.1 Å². The van der Waals surface area contributed by atoms with Crippen molar-refractivity contribution >= 4 is 16.7 Å². The van der Waals surface area contributed by atoms with E-state index >= 15 is 0 Å². The van der Waals surface area contributed by atoms with Crippen molar-refractivity contribution in [2.45, 2.75) is 37.1 Å². The van der Waals surface area contributed by atoms with E-state index in [1.165, 1.54) is 25.8 Å². The number of hydrogen-bond donors (Lipinski definition) is 1. The molecule has 1 aliphatic carbocycles. The predicted octanol–water partition coefficient (Wildman–Crippen LogP) is 2.03. The average Bonchev–Trinajstić information content (AvgIpc) is 3.30. The molecule has 0 spiro atoms. The predicted molar refractivity (Wildman–Crippen MR) is 88.4 cm³/mol. The second-order valence-electron chi connectivity index (χ2n) is 6.22. The van der Waals surface area contributed by atoms with Crippen molar-refractivity contribution in [1.82, 2.24) is 10.2 Å². The van der Waals surface area contributed by atoms with Gasteiger partial charge in [-0.3, -0.25) is 9.00 Å². The fourth-order valence-corrected chi connectivity index (χ4v) is 4.09. The molecule has 2 aliphatic rings. The van der Waals surface area contributed by atoms with Gasteiger partial charge in [-0.2, -0.15) is 0 Å². The molecule has 22 heavy (non-hydrogen) atoms.